The van der Waals surface area contributed by atoms with Crippen molar-refractivity contribution in [2.24, 2.45) is 11.7 Å². The van der Waals surface area contributed by atoms with E-state index in [2.05, 4.69) is 9.97 Å². The van der Waals surface area contributed by atoms with Gasteiger partial charge in [-0.3, -0.25) is 9.78 Å². The van der Waals surface area contributed by atoms with E-state index in [-0.39, 0.29) is 23.5 Å². The lowest BCUT2D eigenvalue weighted by Crippen LogP contribution is -2.25. The second kappa shape index (κ2) is 3.79. The zero-order chi connectivity index (χ0) is 10.9. The number of H-pyrrole nitrogens is 1. The number of aromatic amines is 1. The largest absolute Gasteiger partial charge is 0.369 e. The van der Waals surface area contributed by atoms with E-state index in [1.807, 2.05) is 13.8 Å². The summed E-state index contributed by atoms with van der Waals surface area (Å²) in [4.78, 5) is 17.8. The summed E-state index contributed by atoms with van der Waals surface area (Å²) >= 11 is 0. The molecule has 1 aromatic heterocycles. The highest BCUT2D eigenvalue weighted by Crippen LogP contribution is 2.18. The first-order valence-corrected chi connectivity index (χ1v) is 4.55. The minimum Gasteiger partial charge on any atom is -0.369 e. The standard InChI is InChI=1S/C9H16N4O/c1-4(2)6(10)7-5(3)8(14)13-9(11)12-7/h4,6H,10H2,1-3H3,(H3,11,12,13,14)/t6-/m0/s1. The van der Waals surface area contributed by atoms with Gasteiger partial charge in [0.25, 0.3) is 5.56 Å². The minimum absolute atomic E-state index is 0.117. The third-order valence-electron chi connectivity index (χ3n) is 2.24. The number of nitrogens with zero attached hydrogens (tertiary/aromatic N) is 1. The van der Waals surface area contributed by atoms with Crippen molar-refractivity contribution in [2.45, 2.75) is 26.8 Å². The fourth-order valence-electron chi connectivity index (χ4n) is 1.21. The molecule has 0 aliphatic heterocycles. The number of hydrogen-bond donors (Lipinski definition) is 3. The maximum Gasteiger partial charge on any atom is 0.255 e. The van der Waals surface area contributed by atoms with Crippen LogP contribution >= 0.6 is 0 Å². The van der Waals surface area contributed by atoms with E-state index in [1.165, 1.54) is 0 Å². The van der Waals surface area contributed by atoms with Crippen molar-refractivity contribution in [1.29, 1.82) is 0 Å². The molecule has 1 aromatic rings. The first-order valence-electron chi connectivity index (χ1n) is 4.55. The average molecular weight is 196 g/mol. The number of nitrogens with two attached hydrogens (primary N) is 2. The van der Waals surface area contributed by atoms with Crippen molar-refractivity contribution >= 4 is 5.95 Å². The lowest BCUT2D eigenvalue weighted by atomic mass is 9.99. The highest BCUT2D eigenvalue weighted by molar-refractivity contribution is 5.26. The van der Waals surface area contributed by atoms with Gasteiger partial charge in [0, 0.05) is 11.6 Å². The number of aromatic nitrogens is 2. The van der Waals surface area contributed by atoms with Crippen molar-refractivity contribution in [3.05, 3.63) is 21.6 Å². The molecular weight excluding hydrogens is 180 g/mol. The molecule has 14 heavy (non-hydrogen) atoms. The molecule has 0 aromatic carbocycles. The lowest BCUT2D eigenvalue weighted by Gasteiger charge is -2.16. The Balaban J connectivity index is 3.27. The van der Waals surface area contributed by atoms with Crippen LogP contribution in [0.1, 0.15) is 31.1 Å². The zero-order valence-electron chi connectivity index (χ0n) is 8.66. The van der Waals surface area contributed by atoms with Gasteiger partial charge in [0.05, 0.1) is 5.69 Å². The van der Waals surface area contributed by atoms with Crippen molar-refractivity contribution in [1.82, 2.24) is 9.97 Å². The van der Waals surface area contributed by atoms with Crippen LogP contribution in [0.15, 0.2) is 4.79 Å². The van der Waals surface area contributed by atoms with E-state index >= 15 is 0 Å². The third kappa shape index (κ3) is 1.93. The molecule has 5 heteroatoms. The SMILES string of the molecule is Cc1c([C@@H](N)C(C)C)nc(N)[nH]c1=O. The smallest absolute Gasteiger partial charge is 0.255 e. The van der Waals surface area contributed by atoms with Crippen LogP contribution in [0.5, 0.6) is 0 Å². The first-order chi connectivity index (χ1) is 6.43. The molecule has 0 aliphatic rings. The molecule has 1 rings (SSSR count). The highest BCUT2D eigenvalue weighted by Gasteiger charge is 2.16. The molecule has 78 valence electrons. The van der Waals surface area contributed by atoms with Crippen LogP contribution in [0.3, 0.4) is 0 Å². The molecule has 0 bridgehead atoms. The van der Waals surface area contributed by atoms with Crippen LogP contribution in [0, 0.1) is 12.8 Å². The predicted octanol–water partition coefficient (Wildman–Crippen LogP) is 0.316. The van der Waals surface area contributed by atoms with Crippen LogP contribution in [-0.4, -0.2) is 9.97 Å². The lowest BCUT2D eigenvalue weighted by molar-refractivity contribution is 0.499. The van der Waals surface area contributed by atoms with Crippen molar-refractivity contribution < 1.29 is 0 Å². The average Bonchev–Trinajstić information content (AvgIpc) is 2.09. The van der Waals surface area contributed by atoms with Crippen molar-refractivity contribution in [2.75, 3.05) is 5.73 Å². The Morgan fingerprint density at radius 1 is 1.43 bits per heavy atom. The molecule has 5 N–H and O–H groups in total. The van der Waals surface area contributed by atoms with E-state index in [4.69, 9.17) is 11.5 Å². The van der Waals surface area contributed by atoms with Gasteiger partial charge >= 0.3 is 0 Å². The number of nitrogens with one attached hydrogen (secondary N) is 1. The zero-order valence-corrected chi connectivity index (χ0v) is 8.66. The molecule has 5 nitrogen and oxygen atoms in total. The maximum absolute atomic E-state index is 11.4. The minimum atomic E-state index is -0.250. The summed E-state index contributed by atoms with van der Waals surface area (Å²) in [6.45, 7) is 5.65. The van der Waals surface area contributed by atoms with Crippen LogP contribution in [0.4, 0.5) is 5.95 Å². The molecule has 1 atom stereocenters. The number of hydrogen-bond acceptors (Lipinski definition) is 4. The van der Waals surface area contributed by atoms with Crippen molar-refractivity contribution in [3.8, 4) is 0 Å². The highest BCUT2D eigenvalue weighted by atomic mass is 16.1. The molecule has 0 saturated heterocycles. The topological polar surface area (TPSA) is 97.8 Å². The maximum atomic E-state index is 11.4. The van der Waals surface area contributed by atoms with Gasteiger partial charge in [0.1, 0.15) is 0 Å². The summed E-state index contributed by atoms with van der Waals surface area (Å²) in [5.74, 6) is 0.342. The van der Waals surface area contributed by atoms with Gasteiger partial charge in [-0.1, -0.05) is 13.8 Å². The first kappa shape index (κ1) is 10.7. The van der Waals surface area contributed by atoms with Gasteiger partial charge in [0.2, 0.25) is 5.95 Å². The summed E-state index contributed by atoms with van der Waals surface area (Å²) in [6.07, 6.45) is 0. The van der Waals surface area contributed by atoms with Crippen LogP contribution < -0.4 is 17.0 Å². The van der Waals surface area contributed by atoms with Gasteiger partial charge in [-0.05, 0) is 12.8 Å². The monoisotopic (exact) mass is 196 g/mol. The third-order valence-corrected chi connectivity index (χ3v) is 2.24. The molecule has 0 aliphatic carbocycles. The molecule has 0 spiro atoms. The number of rotatable bonds is 2. The van der Waals surface area contributed by atoms with Gasteiger partial charge in [-0.2, -0.15) is 0 Å². The summed E-state index contributed by atoms with van der Waals surface area (Å²) in [5.41, 5.74) is 12.3. The molecule has 0 amide bonds. The van der Waals surface area contributed by atoms with Gasteiger partial charge in [0.15, 0.2) is 0 Å². The second-order valence-electron chi connectivity index (χ2n) is 3.73. The number of nitrogen functional groups attached to an aromatic ring is 1. The summed E-state index contributed by atoms with van der Waals surface area (Å²) in [5, 5.41) is 0. The van der Waals surface area contributed by atoms with Gasteiger partial charge < -0.3 is 11.5 Å². The Bertz CT molecular complexity index is 383. The van der Waals surface area contributed by atoms with E-state index in [0.29, 0.717) is 11.3 Å². The van der Waals surface area contributed by atoms with E-state index < -0.39 is 0 Å². The predicted molar refractivity (Wildman–Crippen MR) is 55.8 cm³/mol. The quantitative estimate of drug-likeness (QED) is 0.634. The van der Waals surface area contributed by atoms with Gasteiger partial charge in [-0.25, -0.2) is 4.98 Å². The summed E-state index contributed by atoms with van der Waals surface area (Å²) in [7, 11) is 0. The fourth-order valence-corrected chi connectivity index (χ4v) is 1.21. The second-order valence-corrected chi connectivity index (χ2v) is 3.73. The van der Waals surface area contributed by atoms with Crippen molar-refractivity contribution in [3.63, 3.8) is 0 Å². The Morgan fingerprint density at radius 2 is 2.00 bits per heavy atom. The molecular formula is C9H16N4O. The molecule has 0 radical (unpaired) electrons. The summed E-state index contributed by atoms with van der Waals surface area (Å²) in [6, 6.07) is -0.250. The molecule has 0 saturated carbocycles. The molecule has 0 fully saturated rings. The Morgan fingerprint density at radius 3 is 2.50 bits per heavy atom. The van der Waals surface area contributed by atoms with Crippen LogP contribution in [0.25, 0.3) is 0 Å². The normalized spacial score (nSPS) is 13.2. The molecule has 0 unspecified atom stereocenters. The Labute approximate surface area is 82.5 Å². The summed E-state index contributed by atoms with van der Waals surface area (Å²) < 4.78 is 0. The fraction of sp³-hybridized carbons (Fsp3) is 0.556. The van der Waals surface area contributed by atoms with Crippen LogP contribution in [-0.2, 0) is 0 Å². The molecule has 1 heterocycles. The number of anilines is 1. The Hall–Kier alpha value is -1.36. The Kier molecular flexibility index (Phi) is 2.90. The van der Waals surface area contributed by atoms with E-state index in [1.54, 1.807) is 6.92 Å². The van der Waals surface area contributed by atoms with Gasteiger partial charge in [-0.15, -0.1) is 0 Å². The van der Waals surface area contributed by atoms with E-state index in [0.717, 1.165) is 0 Å². The van der Waals surface area contributed by atoms with E-state index in [9.17, 15) is 4.79 Å². The van der Waals surface area contributed by atoms with Crippen LogP contribution in [0.2, 0.25) is 0 Å².